The van der Waals surface area contributed by atoms with Crippen LogP contribution >= 0.6 is 23.2 Å². The van der Waals surface area contributed by atoms with Crippen molar-refractivity contribution in [2.45, 2.75) is 16.6 Å². The van der Waals surface area contributed by atoms with Gasteiger partial charge in [0.2, 0.25) is 0 Å². The van der Waals surface area contributed by atoms with Gasteiger partial charge in [0, 0.05) is 7.05 Å². The van der Waals surface area contributed by atoms with Gasteiger partial charge in [0.25, 0.3) is 0 Å². The normalized spacial score (nSPS) is 12.9. The molecule has 0 aliphatic rings. The minimum atomic E-state index is -5.29. The van der Waals surface area contributed by atoms with Crippen molar-refractivity contribution in [2.75, 3.05) is 12.4 Å². The fourth-order valence-corrected chi connectivity index (χ4v) is 4.03. The average Bonchev–Trinajstić information content (AvgIpc) is 2.91. The van der Waals surface area contributed by atoms with Crippen molar-refractivity contribution in [3.63, 3.8) is 0 Å². The first-order valence-electron chi connectivity index (χ1n) is 7.11. The largest absolute Gasteiger partial charge is 0.476 e. The number of nitriles is 2. The van der Waals surface area contributed by atoms with Gasteiger partial charge in [-0.05, 0) is 12.1 Å². The van der Waals surface area contributed by atoms with Gasteiger partial charge in [-0.3, -0.25) is 4.57 Å². The van der Waals surface area contributed by atoms with Gasteiger partial charge in [-0.25, -0.2) is 4.21 Å². The van der Waals surface area contributed by atoms with Gasteiger partial charge in [0.05, 0.1) is 21.3 Å². The van der Waals surface area contributed by atoms with E-state index >= 15 is 0 Å². The quantitative estimate of drug-likeness (QED) is 0.618. The summed E-state index contributed by atoms with van der Waals surface area (Å²) in [5, 5.41) is 19.6. The van der Waals surface area contributed by atoms with E-state index in [1.807, 2.05) is 0 Å². The van der Waals surface area contributed by atoms with Crippen molar-refractivity contribution >= 4 is 39.8 Å². The molecule has 0 fully saturated rings. The Morgan fingerprint density at radius 2 is 1.59 bits per heavy atom. The SMILES string of the molecule is CNc1c(S(=O)C(F)(F)F)c(C#N)c(C#N)n1-c1c(Cl)cc(C(F)(F)F)cc1Cl. The maximum atomic E-state index is 13.1. The van der Waals surface area contributed by atoms with Crippen LogP contribution in [-0.4, -0.2) is 21.3 Å². The van der Waals surface area contributed by atoms with E-state index in [4.69, 9.17) is 23.2 Å². The zero-order valence-electron chi connectivity index (χ0n) is 13.8. The molecule has 1 unspecified atom stereocenters. The van der Waals surface area contributed by atoms with Crippen LogP contribution in [0.1, 0.15) is 16.8 Å². The minimum Gasteiger partial charge on any atom is -0.373 e. The van der Waals surface area contributed by atoms with Gasteiger partial charge >= 0.3 is 11.7 Å². The van der Waals surface area contributed by atoms with Gasteiger partial charge < -0.3 is 5.32 Å². The highest BCUT2D eigenvalue weighted by molar-refractivity contribution is 7.86. The number of rotatable bonds is 3. The molecule has 1 N–H and O–H groups in total. The number of benzene rings is 1. The zero-order valence-corrected chi connectivity index (χ0v) is 16.2. The summed E-state index contributed by atoms with van der Waals surface area (Å²) in [6.07, 6.45) is -4.83. The van der Waals surface area contributed by atoms with E-state index in [-0.39, 0.29) is 0 Å². The van der Waals surface area contributed by atoms with Gasteiger partial charge in [-0.15, -0.1) is 0 Å². The molecule has 0 spiro atoms. The van der Waals surface area contributed by atoms with Crippen molar-refractivity contribution < 1.29 is 30.6 Å². The number of nitrogens with one attached hydrogen (secondary N) is 1. The Kier molecular flexibility index (Phi) is 6.14. The molecule has 0 aliphatic heterocycles. The summed E-state index contributed by atoms with van der Waals surface area (Å²) in [7, 11) is -2.65. The van der Waals surface area contributed by atoms with Crippen molar-refractivity contribution in [1.29, 1.82) is 10.5 Å². The first-order valence-corrected chi connectivity index (χ1v) is 9.02. The first-order chi connectivity index (χ1) is 13.3. The first kappa shape index (κ1) is 22.9. The molecule has 0 aliphatic carbocycles. The Labute approximate surface area is 171 Å². The topological polar surface area (TPSA) is 81.6 Å². The summed E-state index contributed by atoms with van der Waals surface area (Å²) in [6.45, 7) is 0. The summed E-state index contributed by atoms with van der Waals surface area (Å²) in [6, 6.07) is 3.75. The lowest BCUT2D eigenvalue weighted by Crippen LogP contribution is -2.18. The van der Waals surface area contributed by atoms with E-state index in [0.29, 0.717) is 16.7 Å². The van der Waals surface area contributed by atoms with E-state index in [1.54, 1.807) is 0 Å². The molecule has 0 amide bonds. The Balaban J connectivity index is 3.00. The van der Waals surface area contributed by atoms with Crippen LogP contribution in [0, 0.1) is 22.7 Å². The fraction of sp³-hybridized carbons (Fsp3) is 0.200. The molecule has 1 atom stereocenters. The molecule has 14 heteroatoms. The molecule has 2 aromatic rings. The van der Waals surface area contributed by atoms with Crippen molar-refractivity contribution in [1.82, 2.24) is 4.57 Å². The molecule has 154 valence electrons. The van der Waals surface area contributed by atoms with Crippen LogP contribution in [0.2, 0.25) is 10.0 Å². The van der Waals surface area contributed by atoms with Gasteiger partial charge in [-0.2, -0.15) is 36.9 Å². The summed E-state index contributed by atoms with van der Waals surface area (Å²) in [4.78, 5) is -1.08. The van der Waals surface area contributed by atoms with Crippen LogP contribution in [0.15, 0.2) is 17.0 Å². The Bertz CT molecular complexity index is 1070. The van der Waals surface area contributed by atoms with Gasteiger partial charge in [0.1, 0.15) is 34.1 Å². The molecule has 5 nitrogen and oxygen atoms in total. The molecule has 1 aromatic carbocycles. The third kappa shape index (κ3) is 4.01. The van der Waals surface area contributed by atoms with Gasteiger partial charge in [-0.1, -0.05) is 23.2 Å². The molecule has 0 radical (unpaired) electrons. The molecule has 1 aromatic heterocycles. The van der Waals surface area contributed by atoms with E-state index in [0.717, 1.165) is 7.05 Å². The number of alkyl halides is 6. The second kappa shape index (κ2) is 7.78. The lowest BCUT2D eigenvalue weighted by Gasteiger charge is -2.17. The number of anilines is 1. The standard InChI is InChI=1S/C15H6Cl2F6N4OS/c1-26-13-12(29(28)15(21,22)23)7(4-24)10(5-25)27(13)11-8(16)2-6(3-9(11)17)14(18,19)20/h2-3,26H,1H3. The number of aromatic nitrogens is 1. The third-order valence-electron chi connectivity index (χ3n) is 3.54. The second-order valence-corrected chi connectivity index (χ2v) is 7.43. The Hall–Kier alpha value is -2.41. The summed E-state index contributed by atoms with van der Waals surface area (Å²) < 4.78 is 90.5. The van der Waals surface area contributed by atoms with Crippen LogP contribution in [0.4, 0.5) is 32.2 Å². The van der Waals surface area contributed by atoms with E-state index in [2.05, 4.69) is 5.32 Å². The number of hydrogen-bond acceptors (Lipinski definition) is 4. The lowest BCUT2D eigenvalue weighted by molar-refractivity contribution is -0.137. The maximum absolute atomic E-state index is 13.1. The van der Waals surface area contributed by atoms with E-state index in [1.165, 1.54) is 12.1 Å². The summed E-state index contributed by atoms with van der Waals surface area (Å²) in [5.74, 6) is -0.641. The predicted molar refractivity (Wildman–Crippen MR) is 92.2 cm³/mol. The highest BCUT2D eigenvalue weighted by Gasteiger charge is 2.44. The lowest BCUT2D eigenvalue weighted by atomic mass is 10.2. The monoisotopic (exact) mass is 474 g/mol. The molecular formula is C15H6Cl2F6N4OS. The smallest absolute Gasteiger partial charge is 0.373 e. The van der Waals surface area contributed by atoms with Crippen molar-refractivity contribution in [3.05, 3.63) is 39.0 Å². The van der Waals surface area contributed by atoms with Crippen LogP contribution < -0.4 is 5.32 Å². The third-order valence-corrected chi connectivity index (χ3v) is 5.31. The van der Waals surface area contributed by atoms with Crippen LogP contribution in [0.25, 0.3) is 5.69 Å². The van der Waals surface area contributed by atoms with Crippen molar-refractivity contribution in [2.24, 2.45) is 0 Å². The summed E-state index contributed by atoms with van der Waals surface area (Å²) in [5.41, 5.74) is -8.66. The van der Waals surface area contributed by atoms with Crippen LogP contribution in [0.5, 0.6) is 0 Å². The second-order valence-electron chi connectivity index (χ2n) is 5.21. The molecular weight excluding hydrogens is 469 g/mol. The highest BCUT2D eigenvalue weighted by atomic mass is 35.5. The van der Waals surface area contributed by atoms with Gasteiger partial charge in [0.15, 0.2) is 10.8 Å². The molecule has 1 heterocycles. The summed E-state index contributed by atoms with van der Waals surface area (Å²) >= 11 is 11.8. The predicted octanol–water partition coefficient (Wildman–Crippen LogP) is 5.22. The Morgan fingerprint density at radius 3 is 1.93 bits per heavy atom. The Morgan fingerprint density at radius 1 is 1.07 bits per heavy atom. The molecule has 29 heavy (non-hydrogen) atoms. The molecule has 2 rings (SSSR count). The minimum absolute atomic E-state index is 0.454. The van der Waals surface area contributed by atoms with Crippen LogP contribution in [0.3, 0.4) is 0 Å². The number of hydrogen-bond donors (Lipinski definition) is 1. The zero-order chi connectivity index (χ0) is 22.3. The van der Waals surface area contributed by atoms with Crippen molar-refractivity contribution in [3.8, 4) is 17.8 Å². The number of nitrogens with zero attached hydrogens (tertiary/aromatic N) is 3. The van der Waals surface area contributed by atoms with E-state index in [9.17, 15) is 41.1 Å². The maximum Gasteiger partial charge on any atom is 0.476 e. The highest BCUT2D eigenvalue weighted by Crippen LogP contribution is 2.43. The number of halogens is 8. The molecule has 0 saturated heterocycles. The van der Waals surface area contributed by atoms with Crippen LogP contribution in [-0.2, 0) is 17.0 Å². The van der Waals surface area contributed by atoms with E-state index < -0.39 is 65.8 Å². The fourth-order valence-electron chi connectivity index (χ4n) is 2.45. The molecule has 0 bridgehead atoms. The molecule has 0 saturated carbocycles. The average molecular weight is 475 g/mol.